The average molecular weight is 348 g/mol. The molecule has 1 fully saturated rings. The standard InChI is InChI=1S/C16H22ClN7/c1-2-18-16(20-10-12-5-8-21-23-12)22-13-6-9-24(11-13)15-14(17)4-3-7-19-15/h3-5,7-8,13H,2,6,9-11H2,1H3,(H,21,23)(H2,18,20,22). The Hall–Kier alpha value is -2.28. The van der Waals surface area contributed by atoms with Crippen LogP contribution in [0.4, 0.5) is 5.82 Å². The summed E-state index contributed by atoms with van der Waals surface area (Å²) in [4.78, 5) is 11.2. The van der Waals surface area contributed by atoms with E-state index < -0.39 is 0 Å². The Morgan fingerprint density at radius 2 is 2.38 bits per heavy atom. The molecule has 128 valence electrons. The number of hydrogen-bond acceptors (Lipinski definition) is 4. The van der Waals surface area contributed by atoms with Crippen LogP contribution in [-0.2, 0) is 6.54 Å². The van der Waals surface area contributed by atoms with Crippen LogP contribution in [0.25, 0.3) is 0 Å². The monoisotopic (exact) mass is 347 g/mol. The summed E-state index contributed by atoms with van der Waals surface area (Å²) in [6.45, 7) is 5.22. The van der Waals surface area contributed by atoms with Crippen LogP contribution in [0.2, 0.25) is 5.02 Å². The molecular formula is C16H22ClN7. The highest BCUT2D eigenvalue weighted by molar-refractivity contribution is 6.32. The van der Waals surface area contributed by atoms with Gasteiger partial charge in [-0.15, -0.1) is 0 Å². The number of aromatic amines is 1. The van der Waals surface area contributed by atoms with E-state index in [1.54, 1.807) is 12.4 Å². The Balaban J connectivity index is 1.60. The van der Waals surface area contributed by atoms with Gasteiger partial charge in [0.1, 0.15) is 5.82 Å². The zero-order chi connectivity index (χ0) is 16.8. The van der Waals surface area contributed by atoms with E-state index in [0.717, 1.165) is 43.5 Å². The second kappa shape index (κ2) is 8.01. The third kappa shape index (κ3) is 4.17. The molecule has 3 N–H and O–H groups in total. The first-order valence-electron chi connectivity index (χ1n) is 8.15. The topological polar surface area (TPSA) is 81.2 Å². The highest BCUT2D eigenvalue weighted by Crippen LogP contribution is 2.25. The van der Waals surface area contributed by atoms with Crippen LogP contribution < -0.4 is 15.5 Å². The minimum absolute atomic E-state index is 0.308. The molecule has 0 aliphatic carbocycles. The van der Waals surface area contributed by atoms with E-state index in [1.807, 2.05) is 18.2 Å². The van der Waals surface area contributed by atoms with Crippen molar-refractivity contribution < 1.29 is 0 Å². The van der Waals surface area contributed by atoms with Crippen molar-refractivity contribution in [1.29, 1.82) is 0 Å². The van der Waals surface area contributed by atoms with Gasteiger partial charge in [-0.25, -0.2) is 9.98 Å². The maximum atomic E-state index is 6.24. The zero-order valence-electron chi connectivity index (χ0n) is 13.7. The fraction of sp³-hybridized carbons (Fsp3) is 0.438. The zero-order valence-corrected chi connectivity index (χ0v) is 14.4. The van der Waals surface area contributed by atoms with E-state index in [4.69, 9.17) is 11.6 Å². The van der Waals surface area contributed by atoms with Crippen molar-refractivity contribution in [3.05, 3.63) is 41.3 Å². The van der Waals surface area contributed by atoms with Crippen molar-refractivity contribution in [2.24, 2.45) is 4.99 Å². The molecule has 1 saturated heterocycles. The Bertz CT molecular complexity index is 671. The van der Waals surface area contributed by atoms with Gasteiger partial charge in [-0.2, -0.15) is 5.10 Å². The lowest BCUT2D eigenvalue weighted by Gasteiger charge is -2.20. The van der Waals surface area contributed by atoms with Gasteiger partial charge in [0, 0.05) is 38.1 Å². The van der Waals surface area contributed by atoms with Gasteiger partial charge >= 0.3 is 0 Å². The molecule has 1 aliphatic rings. The fourth-order valence-corrected chi connectivity index (χ4v) is 2.97. The van der Waals surface area contributed by atoms with Crippen molar-refractivity contribution in [3.63, 3.8) is 0 Å². The van der Waals surface area contributed by atoms with Crippen LogP contribution in [0.5, 0.6) is 0 Å². The van der Waals surface area contributed by atoms with Gasteiger partial charge in [0.15, 0.2) is 5.96 Å². The lowest BCUT2D eigenvalue weighted by molar-refractivity contribution is 0.648. The van der Waals surface area contributed by atoms with Crippen molar-refractivity contribution in [2.45, 2.75) is 25.9 Å². The molecule has 1 atom stereocenters. The number of pyridine rings is 1. The molecule has 0 saturated carbocycles. The van der Waals surface area contributed by atoms with Crippen molar-refractivity contribution in [3.8, 4) is 0 Å². The van der Waals surface area contributed by atoms with E-state index in [-0.39, 0.29) is 0 Å². The second-order valence-corrected chi connectivity index (χ2v) is 6.07. The molecule has 1 aliphatic heterocycles. The predicted octanol–water partition coefficient (Wildman–Crippen LogP) is 1.79. The lowest BCUT2D eigenvalue weighted by Crippen LogP contribution is -2.44. The van der Waals surface area contributed by atoms with E-state index in [0.29, 0.717) is 17.6 Å². The number of aromatic nitrogens is 3. The molecule has 0 bridgehead atoms. The Labute approximate surface area is 146 Å². The largest absolute Gasteiger partial charge is 0.357 e. The number of hydrogen-bond donors (Lipinski definition) is 3. The van der Waals surface area contributed by atoms with Gasteiger partial charge in [-0.05, 0) is 31.5 Å². The van der Waals surface area contributed by atoms with E-state index >= 15 is 0 Å². The molecule has 0 radical (unpaired) electrons. The van der Waals surface area contributed by atoms with Crippen LogP contribution in [0, 0.1) is 0 Å². The molecule has 0 aromatic carbocycles. The Morgan fingerprint density at radius 3 is 3.12 bits per heavy atom. The Morgan fingerprint density at radius 1 is 1.46 bits per heavy atom. The summed E-state index contributed by atoms with van der Waals surface area (Å²) >= 11 is 6.24. The molecule has 8 heteroatoms. The highest BCUT2D eigenvalue weighted by Gasteiger charge is 2.25. The summed E-state index contributed by atoms with van der Waals surface area (Å²) in [5, 5.41) is 14.3. The first kappa shape index (κ1) is 16.6. The number of anilines is 1. The summed E-state index contributed by atoms with van der Waals surface area (Å²) in [5.41, 5.74) is 0.987. The summed E-state index contributed by atoms with van der Waals surface area (Å²) in [5.74, 6) is 1.66. The molecule has 3 heterocycles. The molecule has 2 aromatic heterocycles. The first-order chi connectivity index (χ1) is 11.8. The maximum Gasteiger partial charge on any atom is 0.191 e. The Kier molecular flexibility index (Phi) is 5.53. The van der Waals surface area contributed by atoms with Crippen LogP contribution >= 0.6 is 11.6 Å². The molecular weight excluding hydrogens is 326 g/mol. The quantitative estimate of drug-likeness (QED) is 0.567. The van der Waals surface area contributed by atoms with Crippen LogP contribution in [0.1, 0.15) is 19.0 Å². The predicted molar refractivity (Wildman–Crippen MR) is 96.4 cm³/mol. The van der Waals surface area contributed by atoms with Crippen LogP contribution in [0.3, 0.4) is 0 Å². The van der Waals surface area contributed by atoms with Gasteiger partial charge < -0.3 is 15.5 Å². The van der Waals surface area contributed by atoms with Gasteiger partial charge in [0.25, 0.3) is 0 Å². The fourth-order valence-electron chi connectivity index (χ4n) is 2.73. The molecule has 0 amide bonds. The molecule has 2 aromatic rings. The number of nitrogens with one attached hydrogen (secondary N) is 3. The van der Waals surface area contributed by atoms with E-state index in [2.05, 4.69) is 42.6 Å². The highest BCUT2D eigenvalue weighted by atomic mass is 35.5. The molecule has 3 rings (SSSR count). The summed E-state index contributed by atoms with van der Waals surface area (Å²) in [6, 6.07) is 5.96. The minimum Gasteiger partial charge on any atom is -0.357 e. The minimum atomic E-state index is 0.308. The van der Waals surface area contributed by atoms with Crippen molar-refractivity contribution in [1.82, 2.24) is 25.8 Å². The number of rotatable bonds is 5. The summed E-state index contributed by atoms with van der Waals surface area (Å²) in [7, 11) is 0. The lowest BCUT2D eigenvalue weighted by atomic mass is 10.3. The molecule has 0 spiro atoms. The summed E-state index contributed by atoms with van der Waals surface area (Å²) in [6.07, 6.45) is 4.52. The van der Waals surface area contributed by atoms with E-state index in [9.17, 15) is 0 Å². The second-order valence-electron chi connectivity index (χ2n) is 5.66. The van der Waals surface area contributed by atoms with Crippen LogP contribution in [-0.4, -0.2) is 46.8 Å². The van der Waals surface area contributed by atoms with Gasteiger partial charge in [-0.1, -0.05) is 11.6 Å². The molecule has 24 heavy (non-hydrogen) atoms. The van der Waals surface area contributed by atoms with Crippen molar-refractivity contribution in [2.75, 3.05) is 24.5 Å². The third-order valence-corrected chi connectivity index (χ3v) is 4.17. The number of guanidine groups is 1. The maximum absolute atomic E-state index is 6.24. The third-order valence-electron chi connectivity index (χ3n) is 3.88. The molecule has 7 nitrogen and oxygen atoms in total. The average Bonchev–Trinajstić information content (AvgIpc) is 3.25. The van der Waals surface area contributed by atoms with Crippen molar-refractivity contribution >= 4 is 23.4 Å². The number of H-pyrrole nitrogens is 1. The summed E-state index contributed by atoms with van der Waals surface area (Å²) < 4.78 is 0. The van der Waals surface area contributed by atoms with Crippen LogP contribution in [0.15, 0.2) is 35.6 Å². The van der Waals surface area contributed by atoms with Gasteiger partial charge in [0.2, 0.25) is 0 Å². The first-order valence-corrected chi connectivity index (χ1v) is 8.52. The van der Waals surface area contributed by atoms with Gasteiger partial charge in [-0.3, -0.25) is 5.10 Å². The number of halogens is 1. The van der Waals surface area contributed by atoms with Gasteiger partial charge in [0.05, 0.1) is 17.3 Å². The molecule has 1 unspecified atom stereocenters. The smallest absolute Gasteiger partial charge is 0.191 e. The SMILES string of the molecule is CCNC(=NCc1ccn[nH]1)NC1CCN(c2ncccc2Cl)C1. The number of aliphatic imine (C=N–C) groups is 1. The van der Waals surface area contributed by atoms with E-state index in [1.165, 1.54) is 0 Å². The number of nitrogens with zero attached hydrogens (tertiary/aromatic N) is 4. The normalized spacial score (nSPS) is 18.0.